The molecule has 1 heterocycles. The number of hydrogen-bond donors (Lipinski definition) is 0. The van der Waals surface area contributed by atoms with Crippen LogP contribution in [0, 0.1) is 13.8 Å². The first-order chi connectivity index (χ1) is 11.6. The van der Waals surface area contributed by atoms with E-state index in [4.69, 9.17) is 23.2 Å². The molecule has 0 unspecified atom stereocenters. The van der Waals surface area contributed by atoms with E-state index in [1.165, 1.54) is 11.1 Å². The Morgan fingerprint density at radius 1 is 1.16 bits per heavy atom. The van der Waals surface area contributed by atoms with Gasteiger partial charge in [-0.1, -0.05) is 29.3 Å². The molecule has 0 saturated heterocycles. The molecular formula is C16H19Cl2N3O3S. The van der Waals surface area contributed by atoms with E-state index in [1.807, 2.05) is 13.8 Å². The molecule has 0 fully saturated rings. The van der Waals surface area contributed by atoms with Crippen molar-refractivity contribution >= 4 is 39.1 Å². The van der Waals surface area contributed by atoms with Gasteiger partial charge in [0.2, 0.25) is 14.9 Å². The number of carbonyl (C=O) groups is 1. The maximum absolute atomic E-state index is 13.0. The Morgan fingerprint density at radius 2 is 1.76 bits per heavy atom. The summed E-state index contributed by atoms with van der Waals surface area (Å²) >= 11 is 12.2. The smallest absolute Gasteiger partial charge is 0.323 e. The van der Waals surface area contributed by atoms with Gasteiger partial charge in [0.25, 0.3) is 0 Å². The summed E-state index contributed by atoms with van der Waals surface area (Å²) in [5.74, 6) is 0. The van der Waals surface area contributed by atoms with Crippen LogP contribution in [0.1, 0.15) is 25.0 Å². The summed E-state index contributed by atoms with van der Waals surface area (Å²) in [6, 6.07) is 2.82. The number of rotatable bonds is 4. The van der Waals surface area contributed by atoms with Crippen molar-refractivity contribution in [1.82, 2.24) is 14.7 Å². The molecule has 0 bridgehead atoms. The van der Waals surface area contributed by atoms with Gasteiger partial charge in [-0.25, -0.2) is 13.2 Å². The molecule has 2 rings (SSSR count). The molecule has 0 radical (unpaired) electrons. The van der Waals surface area contributed by atoms with Crippen molar-refractivity contribution in [2.24, 2.45) is 0 Å². The van der Waals surface area contributed by atoms with E-state index in [1.54, 1.807) is 26.0 Å². The van der Waals surface area contributed by atoms with Crippen molar-refractivity contribution in [3.8, 4) is 0 Å². The lowest BCUT2D eigenvalue weighted by atomic mass is 10.1. The highest BCUT2D eigenvalue weighted by molar-refractivity contribution is 7.91. The lowest BCUT2D eigenvalue weighted by Gasteiger charge is -2.17. The molecule has 9 heteroatoms. The van der Waals surface area contributed by atoms with E-state index in [-0.39, 0.29) is 14.9 Å². The molecule has 1 aromatic heterocycles. The Balaban J connectivity index is 2.60. The summed E-state index contributed by atoms with van der Waals surface area (Å²) in [7, 11) is -4.02. The first kappa shape index (κ1) is 19.8. The quantitative estimate of drug-likeness (QED) is 0.774. The average molecular weight is 404 g/mol. The van der Waals surface area contributed by atoms with E-state index in [9.17, 15) is 13.2 Å². The molecule has 2 aromatic rings. The van der Waals surface area contributed by atoms with Gasteiger partial charge in [0, 0.05) is 18.1 Å². The third-order valence-electron chi connectivity index (χ3n) is 3.93. The maximum Gasteiger partial charge on any atom is 0.344 e. The van der Waals surface area contributed by atoms with Crippen LogP contribution in [-0.2, 0) is 9.84 Å². The molecule has 1 aromatic carbocycles. The minimum absolute atomic E-state index is 0.0578. The fraction of sp³-hybridized carbons (Fsp3) is 0.375. The fourth-order valence-electron chi connectivity index (χ4n) is 2.57. The number of hydrogen-bond acceptors (Lipinski definition) is 4. The highest BCUT2D eigenvalue weighted by Crippen LogP contribution is 2.33. The van der Waals surface area contributed by atoms with Crippen molar-refractivity contribution in [3.63, 3.8) is 0 Å². The predicted molar refractivity (Wildman–Crippen MR) is 97.3 cm³/mol. The van der Waals surface area contributed by atoms with E-state index >= 15 is 0 Å². The maximum atomic E-state index is 13.0. The Bertz CT molecular complexity index is 919. The standard InChI is InChI=1S/C16H19Cl2N3O3S/c1-5-20(6-2)16(22)21-9-13(18)15(19-21)25(23,24)14-10(3)7-8-12(17)11(14)4/h7-9H,5-6H2,1-4H3. The van der Waals surface area contributed by atoms with Crippen LogP contribution >= 0.6 is 23.2 Å². The summed E-state index contributed by atoms with van der Waals surface area (Å²) in [5.41, 5.74) is 0.949. The van der Waals surface area contributed by atoms with Gasteiger partial charge in [-0.2, -0.15) is 9.78 Å². The zero-order chi connectivity index (χ0) is 18.9. The van der Waals surface area contributed by atoms with Gasteiger partial charge in [0.05, 0.1) is 16.1 Å². The highest BCUT2D eigenvalue weighted by atomic mass is 35.5. The van der Waals surface area contributed by atoms with Crippen molar-refractivity contribution in [1.29, 1.82) is 0 Å². The van der Waals surface area contributed by atoms with Crippen LogP contribution < -0.4 is 0 Å². The second kappa shape index (κ2) is 7.35. The third kappa shape index (κ3) is 3.54. The number of amides is 1. The van der Waals surface area contributed by atoms with Gasteiger partial charge in [-0.05, 0) is 44.9 Å². The summed E-state index contributed by atoms with van der Waals surface area (Å²) in [4.78, 5) is 13.9. The molecule has 25 heavy (non-hydrogen) atoms. The SMILES string of the molecule is CCN(CC)C(=O)n1cc(Cl)c(S(=O)(=O)c2c(C)ccc(Cl)c2C)n1. The Kier molecular flexibility index (Phi) is 5.81. The van der Waals surface area contributed by atoms with Crippen molar-refractivity contribution < 1.29 is 13.2 Å². The summed E-state index contributed by atoms with van der Waals surface area (Å²) < 4.78 is 27.1. The number of halogens is 2. The normalized spacial score (nSPS) is 11.6. The van der Waals surface area contributed by atoms with Crippen LogP contribution in [-0.4, -0.2) is 42.2 Å². The number of aryl methyl sites for hydroxylation is 1. The summed E-state index contributed by atoms with van der Waals surface area (Å²) in [6.07, 6.45) is 1.21. The van der Waals surface area contributed by atoms with Gasteiger partial charge in [-0.15, -0.1) is 0 Å². The lowest BCUT2D eigenvalue weighted by molar-refractivity contribution is 0.201. The summed E-state index contributed by atoms with van der Waals surface area (Å²) in [5, 5.41) is 3.81. The molecule has 0 spiro atoms. The van der Waals surface area contributed by atoms with Crippen LogP contribution in [0.4, 0.5) is 4.79 Å². The van der Waals surface area contributed by atoms with E-state index in [0.29, 0.717) is 29.2 Å². The fourth-order valence-corrected chi connectivity index (χ4v) is 4.92. The van der Waals surface area contributed by atoms with Crippen LogP contribution in [0.15, 0.2) is 28.3 Å². The zero-order valence-corrected chi connectivity index (χ0v) is 16.7. The third-order valence-corrected chi connectivity index (χ3v) is 6.70. The van der Waals surface area contributed by atoms with Crippen LogP contribution in [0.25, 0.3) is 0 Å². The zero-order valence-electron chi connectivity index (χ0n) is 14.4. The first-order valence-corrected chi connectivity index (χ1v) is 9.94. The monoisotopic (exact) mass is 403 g/mol. The molecule has 0 aliphatic rings. The Labute approximate surface area is 157 Å². The molecule has 0 aliphatic heterocycles. The van der Waals surface area contributed by atoms with Crippen LogP contribution in [0.2, 0.25) is 10.0 Å². The lowest BCUT2D eigenvalue weighted by Crippen LogP contribution is -2.34. The topological polar surface area (TPSA) is 72.3 Å². The molecule has 0 saturated carbocycles. The second-order valence-corrected chi connectivity index (χ2v) is 8.12. The first-order valence-electron chi connectivity index (χ1n) is 7.70. The van der Waals surface area contributed by atoms with Crippen LogP contribution in [0.5, 0.6) is 0 Å². The average Bonchev–Trinajstić information content (AvgIpc) is 2.95. The minimum Gasteiger partial charge on any atom is -0.323 e. The number of nitrogens with zero attached hydrogens (tertiary/aromatic N) is 3. The van der Waals surface area contributed by atoms with E-state index < -0.39 is 15.9 Å². The van der Waals surface area contributed by atoms with Crippen molar-refractivity contribution in [3.05, 3.63) is 39.5 Å². The largest absolute Gasteiger partial charge is 0.344 e. The molecule has 1 amide bonds. The molecule has 136 valence electrons. The Morgan fingerprint density at radius 3 is 2.32 bits per heavy atom. The number of sulfone groups is 1. The summed E-state index contributed by atoms with van der Waals surface area (Å²) in [6.45, 7) is 7.88. The molecule has 6 nitrogen and oxygen atoms in total. The van der Waals surface area contributed by atoms with Gasteiger partial charge >= 0.3 is 6.03 Å². The molecule has 0 atom stereocenters. The van der Waals surface area contributed by atoms with Gasteiger partial charge in [-0.3, -0.25) is 0 Å². The Hall–Kier alpha value is -1.57. The number of carbonyl (C=O) groups excluding carboxylic acids is 1. The molecule has 0 aliphatic carbocycles. The second-order valence-electron chi connectivity index (χ2n) is 5.50. The van der Waals surface area contributed by atoms with Crippen molar-refractivity contribution in [2.75, 3.05) is 13.1 Å². The van der Waals surface area contributed by atoms with Gasteiger partial charge < -0.3 is 4.90 Å². The number of benzene rings is 1. The van der Waals surface area contributed by atoms with E-state index in [2.05, 4.69) is 5.10 Å². The van der Waals surface area contributed by atoms with E-state index in [0.717, 1.165) is 4.68 Å². The molecule has 0 N–H and O–H groups in total. The molecular weight excluding hydrogens is 385 g/mol. The van der Waals surface area contributed by atoms with Crippen molar-refractivity contribution in [2.45, 2.75) is 37.6 Å². The highest BCUT2D eigenvalue weighted by Gasteiger charge is 2.30. The minimum atomic E-state index is -4.02. The van der Waals surface area contributed by atoms with Gasteiger partial charge in [0.1, 0.15) is 0 Å². The number of aromatic nitrogens is 2. The van der Waals surface area contributed by atoms with Gasteiger partial charge in [0.15, 0.2) is 0 Å². The predicted octanol–water partition coefficient (Wildman–Crippen LogP) is 3.95. The van der Waals surface area contributed by atoms with Crippen LogP contribution in [0.3, 0.4) is 0 Å².